The maximum Gasteiger partial charge on any atom is 0.309 e. The number of fused-ring (bicyclic) bond motifs is 1. The van der Waals surface area contributed by atoms with E-state index in [1.165, 1.54) is 6.07 Å². The Morgan fingerprint density at radius 3 is 2.71 bits per heavy atom. The lowest BCUT2D eigenvalue weighted by atomic mass is 9.97. The maximum absolute atomic E-state index is 14.4. The second-order valence-electron chi connectivity index (χ2n) is 6.99. The molecular weight excluding hydrogens is 359 g/mol. The monoisotopic (exact) mass is 382 g/mol. The Labute approximate surface area is 162 Å². The summed E-state index contributed by atoms with van der Waals surface area (Å²) in [6.07, 6.45) is 3.17. The van der Waals surface area contributed by atoms with Gasteiger partial charge in [0.15, 0.2) is 5.82 Å². The van der Waals surface area contributed by atoms with E-state index in [9.17, 15) is 9.18 Å². The molecule has 3 aromatic rings. The first-order chi connectivity index (χ1) is 13.6. The van der Waals surface area contributed by atoms with Gasteiger partial charge in [-0.25, -0.2) is 13.9 Å². The number of ether oxygens (including phenoxy) is 1. The van der Waals surface area contributed by atoms with E-state index >= 15 is 0 Å². The van der Waals surface area contributed by atoms with Crippen LogP contribution in [-0.4, -0.2) is 40.3 Å². The summed E-state index contributed by atoms with van der Waals surface area (Å²) in [6.45, 7) is 5.55. The molecule has 0 spiro atoms. The molecule has 1 aromatic carbocycles. The molecule has 4 rings (SSSR count). The van der Waals surface area contributed by atoms with Crippen LogP contribution in [0.4, 0.5) is 10.2 Å². The number of benzene rings is 1. The second kappa shape index (κ2) is 7.58. The number of anilines is 1. The zero-order valence-corrected chi connectivity index (χ0v) is 16.1. The van der Waals surface area contributed by atoms with E-state index in [1.807, 2.05) is 19.9 Å². The minimum absolute atomic E-state index is 0.0593. The lowest BCUT2D eigenvalue weighted by molar-refractivity contribution is -0.148. The van der Waals surface area contributed by atoms with Crippen LogP contribution in [0, 0.1) is 18.7 Å². The predicted molar refractivity (Wildman–Crippen MR) is 105 cm³/mol. The van der Waals surface area contributed by atoms with Crippen molar-refractivity contribution >= 4 is 17.3 Å². The number of halogens is 1. The third-order valence-electron chi connectivity index (χ3n) is 5.24. The fourth-order valence-electron chi connectivity index (χ4n) is 3.86. The molecule has 0 N–H and O–H groups in total. The Morgan fingerprint density at radius 1 is 1.25 bits per heavy atom. The van der Waals surface area contributed by atoms with Gasteiger partial charge in [-0.2, -0.15) is 5.10 Å². The first-order valence-corrected chi connectivity index (χ1v) is 9.61. The average molecular weight is 382 g/mol. The molecule has 0 aliphatic carbocycles. The minimum atomic E-state index is -0.299. The molecule has 0 saturated carbocycles. The fourth-order valence-corrected chi connectivity index (χ4v) is 3.86. The van der Waals surface area contributed by atoms with Crippen molar-refractivity contribution in [1.82, 2.24) is 14.6 Å². The molecule has 0 unspecified atom stereocenters. The highest BCUT2D eigenvalue weighted by molar-refractivity contribution is 5.76. The van der Waals surface area contributed by atoms with Crippen molar-refractivity contribution in [3.63, 3.8) is 0 Å². The molecule has 2 aromatic heterocycles. The molecule has 0 atom stereocenters. The molecular formula is C21H23FN4O2. The Balaban J connectivity index is 1.68. The van der Waals surface area contributed by atoms with Crippen molar-refractivity contribution in [1.29, 1.82) is 0 Å². The van der Waals surface area contributed by atoms with E-state index in [0.717, 1.165) is 37.3 Å². The van der Waals surface area contributed by atoms with Crippen LogP contribution in [-0.2, 0) is 9.53 Å². The van der Waals surface area contributed by atoms with Crippen molar-refractivity contribution in [2.24, 2.45) is 5.92 Å². The van der Waals surface area contributed by atoms with Crippen molar-refractivity contribution in [2.75, 3.05) is 24.6 Å². The van der Waals surface area contributed by atoms with E-state index in [4.69, 9.17) is 9.72 Å². The predicted octanol–water partition coefficient (Wildman–Crippen LogP) is 3.62. The van der Waals surface area contributed by atoms with Gasteiger partial charge in [-0.15, -0.1) is 0 Å². The first-order valence-electron chi connectivity index (χ1n) is 9.61. The third-order valence-corrected chi connectivity index (χ3v) is 5.24. The zero-order chi connectivity index (χ0) is 19.7. The van der Waals surface area contributed by atoms with Gasteiger partial charge in [0.1, 0.15) is 11.3 Å². The number of rotatable bonds is 4. The Bertz CT molecular complexity index is 1010. The Hall–Kier alpha value is -2.96. The highest BCUT2D eigenvalue weighted by Gasteiger charge is 2.28. The van der Waals surface area contributed by atoms with Gasteiger partial charge in [0.05, 0.1) is 30.1 Å². The number of carbonyl (C=O) groups is 1. The van der Waals surface area contributed by atoms with Gasteiger partial charge in [0.25, 0.3) is 0 Å². The number of aromatic nitrogens is 3. The summed E-state index contributed by atoms with van der Waals surface area (Å²) >= 11 is 0. The highest BCUT2D eigenvalue weighted by Crippen LogP contribution is 2.32. The summed E-state index contributed by atoms with van der Waals surface area (Å²) < 4.78 is 21.3. The van der Waals surface area contributed by atoms with Gasteiger partial charge in [-0.3, -0.25) is 4.79 Å². The smallest absolute Gasteiger partial charge is 0.309 e. The highest BCUT2D eigenvalue weighted by atomic mass is 19.1. The summed E-state index contributed by atoms with van der Waals surface area (Å²) in [7, 11) is 0. The van der Waals surface area contributed by atoms with Crippen LogP contribution < -0.4 is 4.90 Å². The van der Waals surface area contributed by atoms with Crippen molar-refractivity contribution < 1.29 is 13.9 Å². The van der Waals surface area contributed by atoms with Gasteiger partial charge in [0.2, 0.25) is 0 Å². The van der Waals surface area contributed by atoms with Crippen LogP contribution in [0.25, 0.3) is 16.8 Å². The number of hydrogen-bond donors (Lipinski definition) is 0. The lowest BCUT2D eigenvalue weighted by Gasteiger charge is -2.32. The molecule has 0 radical (unpaired) electrons. The van der Waals surface area contributed by atoms with Crippen LogP contribution >= 0.6 is 0 Å². The minimum Gasteiger partial charge on any atom is -0.466 e. The quantitative estimate of drug-likeness (QED) is 0.645. The van der Waals surface area contributed by atoms with Gasteiger partial charge in [0, 0.05) is 18.7 Å². The molecule has 3 heterocycles. The van der Waals surface area contributed by atoms with Crippen molar-refractivity contribution in [3.05, 3.63) is 48.0 Å². The summed E-state index contributed by atoms with van der Waals surface area (Å²) in [4.78, 5) is 19.0. The van der Waals surface area contributed by atoms with Gasteiger partial charge >= 0.3 is 5.97 Å². The molecule has 0 bridgehead atoms. The van der Waals surface area contributed by atoms with E-state index in [1.54, 1.807) is 28.9 Å². The molecule has 0 amide bonds. The molecule has 1 saturated heterocycles. The number of piperidine rings is 1. The third kappa shape index (κ3) is 3.21. The average Bonchev–Trinajstić information content (AvgIpc) is 3.18. The lowest BCUT2D eigenvalue weighted by Crippen LogP contribution is -2.37. The van der Waals surface area contributed by atoms with Gasteiger partial charge in [-0.1, -0.05) is 12.1 Å². The Morgan fingerprint density at radius 2 is 2.00 bits per heavy atom. The topological polar surface area (TPSA) is 59.7 Å². The summed E-state index contributed by atoms with van der Waals surface area (Å²) in [6, 6.07) is 8.55. The zero-order valence-electron chi connectivity index (χ0n) is 16.1. The second-order valence-corrected chi connectivity index (χ2v) is 6.99. The molecule has 146 valence electrons. The molecule has 1 aliphatic heterocycles. The molecule has 7 heteroatoms. The first kappa shape index (κ1) is 18.4. The van der Waals surface area contributed by atoms with Crippen LogP contribution in [0.3, 0.4) is 0 Å². The standard InChI is InChI=1S/C21H23FN4O2/c1-3-28-21(27)15-9-12-25(13-10-15)20-18-8-11-23-26(18)19(14(2)24-20)16-6-4-5-7-17(16)22/h4-8,11,15H,3,9-10,12-13H2,1-2H3. The molecule has 1 aliphatic rings. The Kier molecular flexibility index (Phi) is 4.98. The fraction of sp³-hybridized carbons (Fsp3) is 0.381. The molecule has 6 nitrogen and oxygen atoms in total. The number of nitrogens with zero attached hydrogens (tertiary/aromatic N) is 4. The van der Waals surface area contributed by atoms with Crippen LogP contribution in [0.2, 0.25) is 0 Å². The van der Waals surface area contributed by atoms with E-state index in [2.05, 4.69) is 10.00 Å². The van der Waals surface area contributed by atoms with Crippen LogP contribution in [0.1, 0.15) is 25.5 Å². The van der Waals surface area contributed by atoms with Crippen LogP contribution in [0.5, 0.6) is 0 Å². The van der Waals surface area contributed by atoms with E-state index in [-0.39, 0.29) is 17.7 Å². The summed E-state index contributed by atoms with van der Waals surface area (Å²) in [5.41, 5.74) is 2.68. The maximum atomic E-state index is 14.4. The van der Waals surface area contributed by atoms with Gasteiger partial charge < -0.3 is 9.64 Å². The summed E-state index contributed by atoms with van der Waals surface area (Å²) in [5, 5.41) is 4.43. The van der Waals surface area contributed by atoms with Crippen molar-refractivity contribution in [3.8, 4) is 11.3 Å². The van der Waals surface area contributed by atoms with E-state index < -0.39 is 0 Å². The molecule has 28 heavy (non-hydrogen) atoms. The number of esters is 1. The SMILES string of the molecule is CCOC(=O)C1CCN(c2nc(C)c(-c3ccccc3F)n3nccc23)CC1. The van der Waals surface area contributed by atoms with E-state index in [0.29, 0.717) is 23.6 Å². The number of hydrogen-bond acceptors (Lipinski definition) is 5. The summed E-state index contributed by atoms with van der Waals surface area (Å²) in [5.74, 6) is 0.344. The normalized spacial score (nSPS) is 15.2. The molecule has 1 fully saturated rings. The van der Waals surface area contributed by atoms with Crippen molar-refractivity contribution in [2.45, 2.75) is 26.7 Å². The van der Waals surface area contributed by atoms with Gasteiger partial charge in [-0.05, 0) is 44.9 Å². The number of carbonyl (C=O) groups excluding carboxylic acids is 1. The largest absolute Gasteiger partial charge is 0.466 e. The van der Waals surface area contributed by atoms with Crippen LogP contribution in [0.15, 0.2) is 36.5 Å². The number of aryl methyl sites for hydroxylation is 1.